The van der Waals surface area contributed by atoms with E-state index >= 15 is 0 Å². The lowest BCUT2D eigenvalue weighted by molar-refractivity contribution is -0.134. The maximum Gasteiger partial charge on any atom is 0.269 e. The van der Waals surface area contributed by atoms with Crippen LogP contribution in [0.25, 0.3) is 0 Å². The summed E-state index contributed by atoms with van der Waals surface area (Å²) in [5.74, 6) is -1.78. The average molecular weight is 315 g/mol. The number of hydrogen-bond acceptors (Lipinski definition) is 5. The summed E-state index contributed by atoms with van der Waals surface area (Å²) < 4.78 is 27.0. The molecule has 1 amide bonds. The first-order chi connectivity index (χ1) is 10.1. The molecule has 1 aliphatic rings. The standard InChI is InChI=1S/C13H15F2N3O2S/c14-8-3-4-10(15)9(6-8)13-17-18(11(20)7-19)12(21-13)2-1-5-16/h3-4,6,12,19H,1-2,5,7,16H2. The monoisotopic (exact) mass is 315 g/mol. The number of hydrazone groups is 1. The van der Waals surface area contributed by atoms with Gasteiger partial charge in [0, 0.05) is 5.56 Å². The van der Waals surface area contributed by atoms with Gasteiger partial charge in [-0.1, -0.05) is 11.8 Å². The summed E-state index contributed by atoms with van der Waals surface area (Å²) in [6, 6.07) is 3.06. The number of aliphatic hydroxyl groups is 1. The van der Waals surface area contributed by atoms with E-state index in [0.29, 0.717) is 19.4 Å². The number of nitrogens with two attached hydrogens (primary N) is 1. The zero-order chi connectivity index (χ0) is 15.4. The van der Waals surface area contributed by atoms with Crippen LogP contribution in [-0.2, 0) is 4.79 Å². The van der Waals surface area contributed by atoms with Crippen molar-refractivity contribution in [2.75, 3.05) is 13.2 Å². The quantitative estimate of drug-likeness (QED) is 0.857. The summed E-state index contributed by atoms with van der Waals surface area (Å²) in [4.78, 5) is 11.7. The van der Waals surface area contributed by atoms with Crippen molar-refractivity contribution in [3.8, 4) is 0 Å². The number of rotatable bonds is 5. The van der Waals surface area contributed by atoms with Gasteiger partial charge in [-0.05, 0) is 37.6 Å². The minimum atomic E-state index is -0.692. The van der Waals surface area contributed by atoms with Crippen molar-refractivity contribution < 1.29 is 18.7 Å². The summed E-state index contributed by atoms with van der Waals surface area (Å²) in [6.45, 7) is -0.246. The predicted molar refractivity (Wildman–Crippen MR) is 76.5 cm³/mol. The summed E-state index contributed by atoms with van der Waals surface area (Å²) in [6.07, 6.45) is 1.21. The summed E-state index contributed by atoms with van der Waals surface area (Å²) in [5.41, 5.74) is 5.45. The fourth-order valence-electron chi connectivity index (χ4n) is 1.91. The molecule has 1 aliphatic heterocycles. The molecule has 1 unspecified atom stereocenters. The van der Waals surface area contributed by atoms with E-state index in [2.05, 4.69) is 5.10 Å². The van der Waals surface area contributed by atoms with Crippen LogP contribution in [0, 0.1) is 11.6 Å². The minimum Gasteiger partial charge on any atom is -0.386 e. The number of aliphatic hydroxyl groups excluding tert-OH is 1. The smallest absolute Gasteiger partial charge is 0.269 e. The molecular formula is C13H15F2N3O2S. The molecule has 0 aromatic heterocycles. The van der Waals surface area contributed by atoms with Crippen LogP contribution in [0.2, 0.25) is 0 Å². The minimum absolute atomic E-state index is 0.00554. The Labute approximate surface area is 124 Å². The Morgan fingerprint density at radius 2 is 2.24 bits per heavy atom. The second-order valence-electron chi connectivity index (χ2n) is 4.43. The molecule has 21 heavy (non-hydrogen) atoms. The van der Waals surface area contributed by atoms with Gasteiger partial charge >= 0.3 is 0 Å². The van der Waals surface area contributed by atoms with Crippen molar-refractivity contribution >= 4 is 22.7 Å². The van der Waals surface area contributed by atoms with Gasteiger partial charge in [0.05, 0.1) is 0 Å². The van der Waals surface area contributed by atoms with E-state index in [1.165, 1.54) is 0 Å². The van der Waals surface area contributed by atoms with E-state index in [1.54, 1.807) is 0 Å². The fourth-order valence-corrected chi connectivity index (χ4v) is 3.13. The average Bonchev–Trinajstić information content (AvgIpc) is 2.90. The summed E-state index contributed by atoms with van der Waals surface area (Å²) in [7, 11) is 0. The highest BCUT2D eigenvalue weighted by molar-refractivity contribution is 8.15. The highest BCUT2D eigenvalue weighted by Crippen LogP contribution is 2.33. The van der Waals surface area contributed by atoms with Gasteiger partial charge in [0.2, 0.25) is 0 Å². The molecule has 3 N–H and O–H groups in total. The Bertz CT molecular complexity index is 568. The zero-order valence-electron chi connectivity index (χ0n) is 11.1. The molecule has 5 nitrogen and oxygen atoms in total. The van der Waals surface area contributed by atoms with E-state index in [1.807, 2.05) is 0 Å². The highest BCUT2D eigenvalue weighted by Gasteiger charge is 2.32. The zero-order valence-corrected chi connectivity index (χ0v) is 11.9. The SMILES string of the molecule is NCCCC1SC(c2cc(F)ccc2F)=NN1C(=O)CO. The first-order valence-electron chi connectivity index (χ1n) is 6.40. The number of thioether (sulfide) groups is 1. The van der Waals surface area contributed by atoms with E-state index < -0.39 is 24.1 Å². The second-order valence-corrected chi connectivity index (χ2v) is 5.60. The topological polar surface area (TPSA) is 78.9 Å². The van der Waals surface area contributed by atoms with Gasteiger partial charge in [0.25, 0.3) is 5.91 Å². The lowest BCUT2D eigenvalue weighted by atomic mass is 10.2. The van der Waals surface area contributed by atoms with E-state index in [4.69, 9.17) is 10.8 Å². The molecule has 8 heteroatoms. The maximum absolute atomic E-state index is 13.8. The summed E-state index contributed by atoms with van der Waals surface area (Å²) in [5, 5.41) is 13.9. The van der Waals surface area contributed by atoms with Crippen molar-refractivity contribution in [3.05, 3.63) is 35.4 Å². The molecule has 2 rings (SSSR count). The lowest BCUT2D eigenvalue weighted by Crippen LogP contribution is -2.33. The molecule has 0 saturated carbocycles. The normalized spacial score (nSPS) is 18.0. The third-order valence-corrected chi connectivity index (χ3v) is 4.16. The molecule has 0 saturated heterocycles. The van der Waals surface area contributed by atoms with Crippen LogP contribution in [0.4, 0.5) is 8.78 Å². The van der Waals surface area contributed by atoms with Crippen LogP contribution >= 0.6 is 11.8 Å². The van der Waals surface area contributed by atoms with Crippen LogP contribution in [-0.4, -0.2) is 39.6 Å². The van der Waals surface area contributed by atoms with Crippen molar-refractivity contribution in [1.29, 1.82) is 0 Å². The van der Waals surface area contributed by atoms with Crippen LogP contribution < -0.4 is 5.73 Å². The highest BCUT2D eigenvalue weighted by atomic mass is 32.2. The largest absolute Gasteiger partial charge is 0.386 e. The number of amides is 1. The van der Waals surface area contributed by atoms with Crippen LogP contribution in [0.5, 0.6) is 0 Å². The molecule has 1 aromatic rings. The Balaban J connectivity index is 2.28. The molecule has 1 atom stereocenters. The molecule has 0 aliphatic carbocycles. The Morgan fingerprint density at radius 1 is 1.48 bits per heavy atom. The number of hydrogen-bond donors (Lipinski definition) is 2. The summed E-state index contributed by atoms with van der Waals surface area (Å²) >= 11 is 1.16. The number of carbonyl (C=O) groups excluding carboxylic acids is 1. The number of halogens is 2. The Kier molecular flexibility index (Phi) is 5.27. The Hall–Kier alpha value is -1.51. The molecule has 0 spiro atoms. The first-order valence-corrected chi connectivity index (χ1v) is 7.28. The van der Waals surface area contributed by atoms with E-state index in [0.717, 1.165) is 35.0 Å². The third kappa shape index (κ3) is 3.58. The van der Waals surface area contributed by atoms with E-state index in [-0.39, 0.29) is 16.0 Å². The molecule has 0 radical (unpaired) electrons. The van der Waals surface area contributed by atoms with Crippen LogP contribution in [0.15, 0.2) is 23.3 Å². The van der Waals surface area contributed by atoms with Gasteiger partial charge in [-0.25, -0.2) is 13.8 Å². The maximum atomic E-state index is 13.8. The van der Waals surface area contributed by atoms with Gasteiger partial charge in [-0.2, -0.15) is 5.10 Å². The molecule has 0 fully saturated rings. The molecule has 114 valence electrons. The second kappa shape index (κ2) is 6.97. The molecule has 1 heterocycles. The molecular weight excluding hydrogens is 300 g/mol. The first kappa shape index (κ1) is 15.9. The van der Waals surface area contributed by atoms with Crippen molar-refractivity contribution in [2.24, 2.45) is 10.8 Å². The van der Waals surface area contributed by atoms with Gasteiger partial charge < -0.3 is 10.8 Å². The molecule has 0 bridgehead atoms. The number of nitrogens with zero attached hydrogens (tertiary/aromatic N) is 2. The fraction of sp³-hybridized carbons (Fsp3) is 0.385. The van der Waals surface area contributed by atoms with Gasteiger partial charge in [-0.3, -0.25) is 4.79 Å². The number of benzene rings is 1. The third-order valence-electron chi connectivity index (χ3n) is 2.92. The molecule has 1 aromatic carbocycles. The van der Waals surface area contributed by atoms with Crippen LogP contribution in [0.1, 0.15) is 18.4 Å². The van der Waals surface area contributed by atoms with E-state index in [9.17, 15) is 13.6 Å². The number of carbonyl (C=O) groups is 1. The predicted octanol–water partition coefficient (Wildman–Crippen LogP) is 1.26. The van der Waals surface area contributed by atoms with Crippen molar-refractivity contribution in [2.45, 2.75) is 18.2 Å². The van der Waals surface area contributed by atoms with Gasteiger partial charge in [0.1, 0.15) is 28.7 Å². The van der Waals surface area contributed by atoms with Crippen LogP contribution in [0.3, 0.4) is 0 Å². The van der Waals surface area contributed by atoms with Gasteiger partial charge in [-0.15, -0.1) is 0 Å². The van der Waals surface area contributed by atoms with Crippen molar-refractivity contribution in [3.63, 3.8) is 0 Å². The lowest BCUT2D eigenvalue weighted by Gasteiger charge is -2.19. The van der Waals surface area contributed by atoms with Crippen molar-refractivity contribution in [1.82, 2.24) is 5.01 Å². The Morgan fingerprint density at radius 3 is 2.90 bits per heavy atom. The van der Waals surface area contributed by atoms with Gasteiger partial charge in [0.15, 0.2) is 0 Å².